The van der Waals surface area contributed by atoms with Crippen molar-refractivity contribution in [2.45, 2.75) is 18.9 Å². The normalized spacial score (nSPS) is 17.7. The van der Waals surface area contributed by atoms with Crippen LogP contribution in [0.4, 0.5) is 0 Å². The van der Waals surface area contributed by atoms with Gasteiger partial charge in [-0.25, -0.2) is 0 Å². The van der Waals surface area contributed by atoms with Gasteiger partial charge >= 0.3 is 0 Å². The van der Waals surface area contributed by atoms with E-state index in [4.69, 9.17) is 9.47 Å². The molecule has 1 aromatic carbocycles. The van der Waals surface area contributed by atoms with Crippen molar-refractivity contribution in [2.24, 2.45) is 0 Å². The largest absolute Gasteiger partial charge is 0.493 e. The molecule has 0 bridgehead atoms. The first-order chi connectivity index (χ1) is 8.80. The van der Waals surface area contributed by atoms with Crippen LogP contribution in [-0.4, -0.2) is 43.9 Å². The van der Waals surface area contributed by atoms with Gasteiger partial charge in [0.2, 0.25) is 0 Å². The monoisotopic (exact) mass is 251 g/mol. The quantitative estimate of drug-likeness (QED) is 0.867. The lowest BCUT2D eigenvalue weighted by molar-refractivity contribution is 0.147. The molecule has 2 rings (SSSR count). The summed E-state index contributed by atoms with van der Waals surface area (Å²) in [5, 5.41) is 9.62. The average Bonchev–Trinajstić information content (AvgIpc) is 2.93. The van der Waals surface area contributed by atoms with Crippen molar-refractivity contribution in [1.82, 2.24) is 4.90 Å². The molecule has 0 aromatic heterocycles. The molecule has 0 aliphatic carbocycles. The molecule has 1 atom stereocenters. The average molecular weight is 251 g/mol. The van der Waals surface area contributed by atoms with Crippen LogP contribution in [0.5, 0.6) is 11.5 Å². The molecule has 1 aliphatic heterocycles. The van der Waals surface area contributed by atoms with Crippen LogP contribution in [0.3, 0.4) is 0 Å². The van der Waals surface area contributed by atoms with Gasteiger partial charge < -0.3 is 14.6 Å². The minimum atomic E-state index is 0.0623. The van der Waals surface area contributed by atoms with Crippen molar-refractivity contribution in [2.75, 3.05) is 33.9 Å². The number of benzene rings is 1. The van der Waals surface area contributed by atoms with Crippen LogP contribution in [0, 0.1) is 0 Å². The van der Waals surface area contributed by atoms with Gasteiger partial charge in [-0.15, -0.1) is 0 Å². The van der Waals surface area contributed by atoms with E-state index >= 15 is 0 Å². The van der Waals surface area contributed by atoms with Crippen LogP contribution >= 0.6 is 0 Å². The summed E-state index contributed by atoms with van der Waals surface area (Å²) in [7, 11) is 3.26. The number of methoxy groups -OCH3 is 2. The van der Waals surface area contributed by atoms with Crippen molar-refractivity contribution in [1.29, 1.82) is 0 Å². The molecule has 1 N–H and O–H groups in total. The van der Waals surface area contributed by atoms with Gasteiger partial charge in [0.15, 0.2) is 11.5 Å². The first kappa shape index (κ1) is 13.2. The molecule has 0 spiro atoms. The summed E-state index contributed by atoms with van der Waals surface area (Å²) in [6.45, 7) is 2.24. The van der Waals surface area contributed by atoms with Gasteiger partial charge in [-0.1, -0.05) is 6.07 Å². The number of aliphatic hydroxyl groups excluding tert-OH is 1. The van der Waals surface area contributed by atoms with Crippen LogP contribution < -0.4 is 9.47 Å². The Bertz CT molecular complexity index is 389. The highest BCUT2D eigenvalue weighted by molar-refractivity contribution is 5.43. The zero-order chi connectivity index (χ0) is 13.0. The Labute approximate surface area is 108 Å². The molecular weight excluding hydrogens is 230 g/mol. The Morgan fingerprint density at radius 1 is 1.17 bits per heavy atom. The molecular formula is C14H21NO3. The number of rotatable bonds is 5. The van der Waals surface area contributed by atoms with E-state index in [1.54, 1.807) is 14.2 Å². The molecule has 0 saturated carbocycles. The van der Waals surface area contributed by atoms with E-state index in [0.29, 0.717) is 5.75 Å². The first-order valence-electron chi connectivity index (χ1n) is 6.37. The number of likely N-dealkylation sites (tertiary alicyclic amines) is 1. The van der Waals surface area contributed by atoms with E-state index < -0.39 is 0 Å². The zero-order valence-electron chi connectivity index (χ0n) is 11.1. The van der Waals surface area contributed by atoms with E-state index in [2.05, 4.69) is 4.90 Å². The molecule has 100 valence electrons. The number of nitrogens with zero attached hydrogens (tertiary/aromatic N) is 1. The second kappa shape index (κ2) is 6.07. The van der Waals surface area contributed by atoms with E-state index in [0.717, 1.165) is 24.4 Å². The van der Waals surface area contributed by atoms with Crippen molar-refractivity contribution in [3.8, 4) is 11.5 Å². The summed E-state index contributed by atoms with van der Waals surface area (Å²) in [6.07, 6.45) is 2.42. The lowest BCUT2D eigenvalue weighted by atomic mass is 10.1. The van der Waals surface area contributed by atoms with Crippen molar-refractivity contribution in [3.63, 3.8) is 0 Å². The summed E-state index contributed by atoms with van der Waals surface area (Å²) in [5.74, 6) is 1.44. The van der Waals surface area contributed by atoms with E-state index in [-0.39, 0.29) is 12.6 Å². The summed E-state index contributed by atoms with van der Waals surface area (Å²) < 4.78 is 10.5. The molecule has 1 aromatic rings. The lowest BCUT2D eigenvalue weighted by Crippen LogP contribution is -2.28. The van der Waals surface area contributed by atoms with Crippen LogP contribution in [0.25, 0.3) is 0 Å². The van der Waals surface area contributed by atoms with Crippen molar-refractivity contribution in [3.05, 3.63) is 23.8 Å². The van der Waals surface area contributed by atoms with Crippen LogP contribution in [-0.2, 0) is 0 Å². The molecule has 0 radical (unpaired) electrons. The molecule has 4 nitrogen and oxygen atoms in total. The summed E-state index contributed by atoms with van der Waals surface area (Å²) in [5.41, 5.74) is 1.08. The molecule has 4 heteroatoms. The molecule has 1 aliphatic rings. The second-order valence-corrected chi connectivity index (χ2v) is 4.56. The van der Waals surface area contributed by atoms with E-state index in [1.165, 1.54) is 12.8 Å². The topological polar surface area (TPSA) is 41.9 Å². The summed E-state index contributed by atoms with van der Waals surface area (Å²) >= 11 is 0. The Morgan fingerprint density at radius 3 is 2.39 bits per heavy atom. The first-order valence-corrected chi connectivity index (χ1v) is 6.37. The maximum Gasteiger partial charge on any atom is 0.161 e. The third-order valence-corrected chi connectivity index (χ3v) is 3.55. The maximum absolute atomic E-state index is 9.62. The SMILES string of the molecule is COc1ccc(C(CO)N2CCCC2)cc1OC. The van der Waals surface area contributed by atoms with E-state index in [1.807, 2.05) is 18.2 Å². The highest BCUT2D eigenvalue weighted by Crippen LogP contribution is 2.32. The summed E-state index contributed by atoms with van der Waals surface area (Å²) in [6, 6.07) is 5.91. The maximum atomic E-state index is 9.62. The molecule has 1 saturated heterocycles. The number of ether oxygens (including phenoxy) is 2. The second-order valence-electron chi connectivity index (χ2n) is 4.56. The minimum Gasteiger partial charge on any atom is -0.493 e. The van der Waals surface area contributed by atoms with Gasteiger partial charge in [0.05, 0.1) is 26.9 Å². The minimum absolute atomic E-state index is 0.0623. The Balaban J connectivity index is 2.24. The predicted octanol–water partition coefficient (Wildman–Crippen LogP) is 1.83. The smallest absolute Gasteiger partial charge is 0.161 e. The van der Waals surface area contributed by atoms with Crippen LogP contribution in [0.15, 0.2) is 18.2 Å². The van der Waals surface area contributed by atoms with Gasteiger partial charge in [0, 0.05) is 0 Å². The number of hydrogen-bond donors (Lipinski definition) is 1. The number of aliphatic hydroxyl groups is 1. The van der Waals surface area contributed by atoms with E-state index in [9.17, 15) is 5.11 Å². The van der Waals surface area contributed by atoms with Gasteiger partial charge in [-0.3, -0.25) is 4.90 Å². The Kier molecular flexibility index (Phi) is 4.44. The van der Waals surface area contributed by atoms with Gasteiger partial charge in [0.25, 0.3) is 0 Å². The zero-order valence-corrected chi connectivity index (χ0v) is 11.1. The molecule has 0 amide bonds. The fourth-order valence-electron chi connectivity index (χ4n) is 2.55. The molecule has 1 unspecified atom stereocenters. The summed E-state index contributed by atoms with van der Waals surface area (Å²) in [4.78, 5) is 2.32. The Morgan fingerprint density at radius 2 is 1.83 bits per heavy atom. The molecule has 18 heavy (non-hydrogen) atoms. The fourth-order valence-corrected chi connectivity index (χ4v) is 2.55. The third-order valence-electron chi connectivity index (χ3n) is 3.55. The van der Waals surface area contributed by atoms with Gasteiger partial charge in [-0.05, 0) is 43.6 Å². The molecule has 1 fully saturated rings. The fraction of sp³-hybridized carbons (Fsp3) is 0.571. The Hall–Kier alpha value is -1.26. The lowest BCUT2D eigenvalue weighted by Gasteiger charge is -2.26. The highest BCUT2D eigenvalue weighted by Gasteiger charge is 2.23. The third kappa shape index (κ3) is 2.60. The predicted molar refractivity (Wildman–Crippen MR) is 70.2 cm³/mol. The van der Waals surface area contributed by atoms with Crippen LogP contribution in [0.2, 0.25) is 0 Å². The highest BCUT2D eigenvalue weighted by atomic mass is 16.5. The van der Waals surface area contributed by atoms with Crippen molar-refractivity contribution < 1.29 is 14.6 Å². The number of hydrogen-bond acceptors (Lipinski definition) is 4. The van der Waals surface area contributed by atoms with Crippen molar-refractivity contribution >= 4 is 0 Å². The molecule has 1 heterocycles. The van der Waals surface area contributed by atoms with Gasteiger partial charge in [0.1, 0.15) is 0 Å². The van der Waals surface area contributed by atoms with Gasteiger partial charge in [-0.2, -0.15) is 0 Å². The standard InChI is InChI=1S/C14H21NO3/c1-17-13-6-5-11(9-14(13)18-2)12(10-16)15-7-3-4-8-15/h5-6,9,12,16H,3-4,7-8,10H2,1-2H3. The van der Waals surface area contributed by atoms with Crippen LogP contribution in [0.1, 0.15) is 24.4 Å².